The number of hydrogen-bond acceptors (Lipinski definition) is 5. The molecular formula is C23H34N6O. The van der Waals surface area contributed by atoms with Crippen molar-refractivity contribution in [3.63, 3.8) is 0 Å². The van der Waals surface area contributed by atoms with E-state index in [1.165, 1.54) is 38.6 Å². The van der Waals surface area contributed by atoms with E-state index in [0.717, 1.165) is 43.6 Å². The predicted molar refractivity (Wildman–Crippen MR) is 116 cm³/mol. The number of amides is 1. The zero-order chi connectivity index (χ0) is 20.9. The summed E-state index contributed by atoms with van der Waals surface area (Å²) in [6, 6.07) is 5.19. The summed E-state index contributed by atoms with van der Waals surface area (Å²) in [7, 11) is 0. The maximum atomic E-state index is 12.7. The Bertz CT molecular complexity index is 827. The summed E-state index contributed by atoms with van der Waals surface area (Å²) in [5.41, 5.74) is 0.428. The second-order valence-corrected chi connectivity index (χ2v) is 9.09. The van der Waals surface area contributed by atoms with Crippen LogP contribution in [0.1, 0.15) is 74.1 Å². The summed E-state index contributed by atoms with van der Waals surface area (Å²) in [6.07, 6.45) is 9.50. The van der Waals surface area contributed by atoms with E-state index < -0.39 is 0 Å². The number of rotatable bonds is 6. The van der Waals surface area contributed by atoms with Gasteiger partial charge in [-0.15, -0.1) is 10.2 Å². The van der Waals surface area contributed by atoms with Crippen molar-refractivity contribution in [3.8, 4) is 0 Å². The highest BCUT2D eigenvalue weighted by Crippen LogP contribution is 2.26. The fourth-order valence-corrected chi connectivity index (χ4v) is 4.78. The van der Waals surface area contributed by atoms with Crippen LogP contribution in [-0.2, 0) is 13.0 Å². The zero-order valence-electron chi connectivity index (χ0n) is 18.3. The summed E-state index contributed by atoms with van der Waals surface area (Å²) < 4.78 is 2.24. The van der Waals surface area contributed by atoms with E-state index in [9.17, 15) is 4.79 Å². The molecule has 0 spiro atoms. The predicted octanol–water partition coefficient (Wildman–Crippen LogP) is 3.24. The van der Waals surface area contributed by atoms with Crippen molar-refractivity contribution in [2.75, 3.05) is 19.6 Å². The molecule has 1 unspecified atom stereocenters. The van der Waals surface area contributed by atoms with E-state index in [4.69, 9.17) is 0 Å². The molecule has 0 saturated heterocycles. The van der Waals surface area contributed by atoms with Gasteiger partial charge in [-0.25, -0.2) is 0 Å². The van der Waals surface area contributed by atoms with Crippen molar-refractivity contribution in [3.05, 3.63) is 41.7 Å². The Morgan fingerprint density at radius 3 is 2.70 bits per heavy atom. The molecule has 2 aromatic rings. The minimum absolute atomic E-state index is 0.167. The number of pyridine rings is 1. The topological polar surface area (TPSA) is 75.9 Å². The smallest absolute Gasteiger partial charge is 0.270 e. The first-order valence-electron chi connectivity index (χ1n) is 11.5. The largest absolute Gasteiger partial charge is 0.340 e. The second kappa shape index (κ2) is 9.69. The van der Waals surface area contributed by atoms with Crippen molar-refractivity contribution >= 4 is 5.91 Å². The highest BCUT2D eigenvalue weighted by molar-refractivity contribution is 5.92. The summed E-state index contributed by atoms with van der Waals surface area (Å²) in [5, 5.41) is 12.2. The lowest BCUT2D eigenvalue weighted by atomic mass is 9.89. The van der Waals surface area contributed by atoms with Gasteiger partial charge in [-0.05, 0) is 36.8 Å². The molecule has 162 valence electrons. The first-order valence-corrected chi connectivity index (χ1v) is 11.5. The fourth-order valence-electron chi connectivity index (χ4n) is 4.78. The third-order valence-corrected chi connectivity index (χ3v) is 6.52. The van der Waals surface area contributed by atoms with Crippen molar-refractivity contribution < 1.29 is 4.79 Å². The minimum atomic E-state index is -0.189. The molecule has 1 fully saturated rings. The van der Waals surface area contributed by atoms with Gasteiger partial charge in [0.1, 0.15) is 11.5 Å². The van der Waals surface area contributed by atoms with Gasteiger partial charge in [0.2, 0.25) is 0 Å². The molecule has 1 aliphatic carbocycles. The van der Waals surface area contributed by atoms with Crippen LogP contribution in [0.5, 0.6) is 0 Å². The molecule has 0 bridgehead atoms. The molecule has 7 heteroatoms. The van der Waals surface area contributed by atoms with Crippen molar-refractivity contribution in [1.82, 2.24) is 30.0 Å². The molecule has 1 aliphatic heterocycles. The van der Waals surface area contributed by atoms with Crippen LogP contribution in [0.15, 0.2) is 24.4 Å². The molecule has 1 N–H and O–H groups in total. The van der Waals surface area contributed by atoms with Crippen LogP contribution in [0.4, 0.5) is 0 Å². The highest BCUT2D eigenvalue weighted by atomic mass is 16.2. The number of nitrogens with one attached hydrogen (secondary N) is 1. The van der Waals surface area contributed by atoms with Crippen LogP contribution in [0, 0.1) is 11.8 Å². The zero-order valence-corrected chi connectivity index (χ0v) is 18.3. The fraction of sp³-hybridized carbons (Fsp3) is 0.652. The number of carbonyl (C=O) groups excluding carboxylic acids is 1. The molecule has 1 saturated carbocycles. The summed E-state index contributed by atoms with van der Waals surface area (Å²) >= 11 is 0. The summed E-state index contributed by atoms with van der Waals surface area (Å²) in [4.78, 5) is 19.5. The molecule has 4 rings (SSSR count). The Morgan fingerprint density at radius 2 is 1.97 bits per heavy atom. The maximum absolute atomic E-state index is 12.7. The Hall–Kier alpha value is -2.28. The van der Waals surface area contributed by atoms with Gasteiger partial charge in [0, 0.05) is 38.8 Å². The number of carbonyl (C=O) groups is 1. The molecule has 2 aliphatic rings. The molecule has 3 heterocycles. The summed E-state index contributed by atoms with van der Waals surface area (Å²) in [5.74, 6) is 2.78. The van der Waals surface area contributed by atoms with Crippen LogP contribution in [0.3, 0.4) is 0 Å². The highest BCUT2D eigenvalue weighted by Gasteiger charge is 2.28. The minimum Gasteiger partial charge on any atom is -0.340 e. The molecule has 1 atom stereocenters. The Balaban J connectivity index is 1.45. The van der Waals surface area contributed by atoms with Crippen molar-refractivity contribution in [2.45, 2.75) is 65.0 Å². The van der Waals surface area contributed by atoms with Gasteiger partial charge in [-0.2, -0.15) is 0 Å². The standard InChI is InChI=1S/C23H34N6O/c1-17(2)21(25-23(30)19-10-6-7-12-24-19)22-27-26-20-11-13-28(14-15-29(20)22)16-18-8-4-3-5-9-18/h6-7,10,12,17-18,21H,3-5,8-9,11,13-16H2,1-2H3,(H,25,30). The van der Waals surface area contributed by atoms with E-state index in [1.54, 1.807) is 12.3 Å². The first-order chi connectivity index (χ1) is 14.6. The van der Waals surface area contributed by atoms with Gasteiger partial charge in [-0.3, -0.25) is 9.78 Å². The van der Waals surface area contributed by atoms with E-state index in [1.807, 2.05) is 12.1 Å². The summed E-state index contributed by atoms with van der Waals surface area (Å²) in [6.45, 7) is 8.37. The third-order valence-electron chi connectivity index (χ3n) is 6.52. The van der Waals surface area contributed by atoms with E-state index in [0.29, 0.717) is 5.69 Å². The van der Waals surface area contributed by atoms with Gasteiger partial charge in [0.05, 0.1) is 6.04 Å². The van der Waals surface area contributed by atoms with E-state index in [2.05, 4.69) is 43.8 Å². The van der Waals surface area contributed by atoms with Crippen LogP contribution in [-0.4, -0.2) is 50.2 Å². The second-order valence-electron chi connectivity index (χ2n) is 9.09. The van der Waals surface area contributed by atoms with Gasteiger partial charge < -0.3 is 14.8 Å². The average Bonchev–Trinajstić information content (AvgIpc) is 3.06. The molecule has 7 nitrogen and oxygen atoms in total. The molecule has 0 radical (unpaired) electrons. The normalized spacial score (nSPS) is 19.3. The Labute approximate surface area is 179 Å². The Morgan fingerprint density at radius 1 is 1.13 bits per heavy atom. The van der Waals surface area contributed by atoms with Gasteiger partial charge >= 0.3 is 0 Å². The number of aromatic nitrogens is 4. The lowest BCUT2D eigenvalue weighted by Crippen LogP contribution is -2.35. The molecular weight excluding hydrogens is 376 g/mol. The molecule has 1 amide bonds. The quantitative estimate of drug-likeness (QED) is 0.791. The average molecular weight is 411 g/mol. The lowest BCUT2D eigenvalue weighted by molar-refractivity contribution is 0.0916. The molecule has 0 aromatic carbocycles. The van der Waals surface area contributed by atoms with Crippen molar-refractivity contribution in [1.29, 1.82) is 0 Å². The molecule has 30 heavy (non-hydrogen) atoms. The van der Waals surface area contributed by atoms with Gasteiger partial charge in [0.25, 0.3) is 5.91 Å². The van der Waals surface area contributed by atoms with Gasteiger partial charge in [0.15, 0.2) is 5.82 Å². The van der Waals surface area contributed by atoms with Gasteiger partial charge in [-0.1, -0.05) is 39.2 Å². The van der Waals surface area contributed by atoms with E-state index in [-0.39, 0.29) is 17.9 Å². The van der Waals surface area contributed by atoms with Crippen LogP contribution in [0.25, 0.3) is 0 Å². The van der Waals surface area contributed by atoms with Crippen molar-refractivity contribution in [2.24, 2.45) is 11.8 Å². The van der Waals surface area contributed by atoms with Crippen LogP contribution >= 0.6 is 0 Å². The third kappa shape index (κ3) is 4.89. The first kappa shape index (κ1) is 21.0. The van der Waals surface area contributed by atoms with Crippen LogP contribution in [0.2, 0.25) is 0 Å². The van der Waals surface area contributed by atoms with Crippen LogP contribution < -0.4 is 5.32 Å². The maximum Gasteiger partial charge on any atom is 0.270 e. The Kier molecular flexibility index (Phi) is 6.77. The number of fused-ring (bicyclic) bond motifs is 1. The number of hydrogen-bond donors (Lipinski definition) is 1. The SMILES string of the molecule is CC(C)C(NC(=O)c1ccccn1)c1nnc2n1CCN(CC1CCCCC1)CC2. The lowest BCUT2D eigenvalue weighted by Gasteiger charge is -2.28. The number of nitrogens with zero attached hydrogens (tertiary/aromatic N) is 5. The monoisotopic (exact) mass is 410 g/mol. The molecule has 2 aromatic heterocycles. The van der Waals surface area contributed by atoms with E-state index >= 15 is 0 Å².